The summed E-state index contributed by atoms with van der Waals surface area (Å²) < 4.78 is 0. The van der Waals surface area contributed by atoms with Gasteiger partial charge in [-0.1, -0.05) is 38.3 Å². The van der Waals surface area contributed by atoms with Gasteiger partial charge in [0.25, 0.3) is 0 Å². The quantitative estimate of drug-likeness (QED) is 0.706. The Kier molecular flexibility index (Phi) is 3.92. The van der Waals surface area contributed by atoms with E-state index in [2.05, 4.69) is 20.8 Å². The molecule has 0 bridgehead atoms. The van der Waals surface area contributed by atoms with Gasteiger partial charge in [-0.15, -0.1) is 0 Å². The fourth-order valence-corrected chi connectivity index (χ4v) is 6.77. The molecule has 0 aromatic rings. The van der Waals surface area contributed by atoms with Crippen molar-refractivity contribution < 1.29 is 19.8 Å². The van der Waals surface area contributed by atoms with Crippen LogP contribution in [-0.2, 0) is 9.59 Å². The average Bonchev–Trinajstić information content (AvgIpc) is 2.56. The van der Waals surface area contributed by atoms with Crippen LogP contribution in [0.2, 0.25) is 0 Å². The van der Waals surface area contributed by atoms with Crippen molar-refractivity contribution >= 4 is 11.6 Å². The summed E-state index contributed by atoms with van der Waals surface area (Å²) >= 11 is 0. The first-order valence-corrected chi connectivity index (χ1v) is 9.97. The Labute approximate surface area is 155 Å². The number of Topliss-reactive ketones (excluding diaryl/α,β-unsaturated/α-hetero) is 1. The lowest BCUT2D eigenvalue weighted by atomic mass is 9.47. The van der Waals surface area contributed by atoms with Crippen molar-refractivity contribution in [3.8, 4) is 0 Å². The summed E-state index contributed by atoms with van der Waals surface area (Å²) in [5.74, 6) is -0.757. The van der Waals surface area contributed by atoms with Crippen LogP contribution in [0.1, 0.15) is 65.7 Å². The molecule has 4 heteroatoms. The van der Waals surface area contributed by atoms with Gasteiger partial charge in [-0.05, 0) is 54.9 Å². The van der Waals surface area contributed by atoms with Gasteiger partial charge in [0.15, 0.2) is 11.6 Å². The molecule has 0 aromatic carbocycles. The minimum Gasteiger partial charge on any atom is -0.392 e. The zero-order chi connectivity index (χ0) is 18.9. The van der Waals surface area contributed by atoms with Gasteiger partial charge in [-0.2, -0.15) is 0 Å². The number of aliphatic hydroxyl groups is 2. The number of aliphatic hydroxyl groups excluding tert-OH is 1. The topological polar surface area (TPSA) is 74.6 Å². The van der Waals surface area contributed by atoms with E-state index in [1.807, 2.05) is 0 Å². The molecule has 0 spiro atoms. The Morgan fingerprint density at radius 1 is 1.19 bits per heavy atom. The van der Waals surface area contributed by atoms with Crippen molar-refractivity contribution in [1.29, 1.82) is 0 Å². The van der Waals surface area contributed by atoms with Gasteiger partial charge >= 0.3 is 0 Å². The average molecular weight is 358 g/mol. The normalized spacial score (nSPS) is 42.0. The summed E-state index contributed by atoms with van der Waals surface area (Å²) in [6.45, 7) is 6.59. The number of ketones is 2. The summed E-state index contributed by atoms with van der Waals surface area (Å²) in [6, 6.07) is 0. The molecule has 26 heavy (non-hydrogen) atoms. The first-order valence-electron chi connectivity index (χ1n) is 9.97. The van der Waals surface area contributed by atoms with Crippen LogP contribution in [0.15, 0.2) is 22.8 Å². The number of carbonyl (C=O) groups is 2. The van der Waals surface area contributed by atoms with Gasteiger partial charge < -0.3 is 10.2 Å². The van der Waals surface area contributed by atoms with Crippen LogP contribution in [0.4, 0.5) is 0 Å². The van der Waals surface area contributed by atoms with Gasteiger partial charge in [-0.3, -0.25) is 9.59 Å². The SMILES string of the molecule is CC1(C)CCC[C@]2(C)C3=C(CC[C@@H]12)C[C@]1(O)C(=O)C(CO)=CC(=O)[C@H]1C3. The number of hydrogen-bond acceptors (Lipinski definition) is 4. The van der Waals surface area contributed by atoms with Crippen molar-refractivity contribution in [2.75, 3.05) is 6.61 Å². The number of fused-ring (bicyclic) bond motifs is 3. The summed E-state index contributed by atoms with van der Waals surface area (Å²) in [6.07, 6.45) is 7.58. The predicted octanol–water partition coefficient (Wildman–Crippen LogP) is 3.12. The van der Waals surface area contributed by atoms with E-state index in [1.165, 1.54) is 30.1 Å². The molecular weight excluding hydrogens is 328 g/mol. The Morgan fingerprint density at radius 3 is 2.62 bits per heavy atom. The van der Waals surface area contributed by atoms with E-state index in [9.17, 15) is 19.8 Å². The highest BCUT2D eigenvalue weighted by Crippen LogP contribution is 2.63. The highest BCUT2D eigenvalue weighted by Gasteiger charge is 2.58. The summed E-state index contributed by atoms with van der Waals surface area (Å²) in [4.78, 5) is 25.4. The van der Waals surface area contributed by atoms with E-state index >= 15 is 0 Å². The monoisotopic (exact) mass is 358 g/mol. The fraction of sp³-hybridized carbons (Fsp3) is 0.727. The van der Waals surface area contributed by atoms with Crippen LogP contribution in [0.3, 0.4) is 0 Å². The lowest BCUT2D eigenvalue weighted by Crippen LogP contribution is -2.57. The van der Waals surface area contributed by atoms with Crippen LogP contribution in [0, 0.1) is 22.7 Å². The molecule has 0 unspecified atom stereocenters. The van der Waals surface area contributed by atoms with Crippen molar-refractivity contribution in [3.05, 3.63) is 22.8 Å². The molecule has 1 saturated carbocycles. The van der Waals surface area contributed by atoms with Gasteiger partial charge in [-0.25, -0.2) is 0 Å². The molecule has 0 saturated heterocycles. The molecule has 4 aliphatic rings. The molecule has 1 fully saturated rings. The Morgan fingerprint density at radius 2 is 1.92 bits per heavy atom. The maximum absolute atomic E-state index is 12.7. The molecule has 0 amide bonds. The lowest BCUT2D eigenvalue weighted by Gasteiger charge is -2.58. The Balaban J connectivity index is 1.77. The first kappa shape index (κ1) is 18.1. The maximum Gasteiger partial charge on any atom is 0.193 e. The largest absolute Gasteiger partial charge is 0.392 e. The van der Waals surface area contributed by atoms with Crippen LogP contribution < -0.4 is 0 Å². The standard InChI is InChI=1S/C22H30O4/c1-20(2)7-4-8-21(3)15-10-16-17(24)9-14(12-23)19(25)22(16,26)11-13(15)5-6-18(20)21/h9,16,18,23,26H,4-8,10-12H2,1-3H3/t16-,18+,21-,22-/m1/s1. The van der Waals surface area contributed by atoms with Crippen molar-refractivity contribution in [2.45, 2.75) is 71.3 Å². The minimum atomic E-state index is -1.66. The lowest BCUT2D eigenvalue weighted by molar-refractivity contribution is -0.150. The Bertz CT molecular complexity index is 743. The van der Waals surface area contributed by atoms with Crippen molar-refractivity contribution in [1.82, 2.24) is 0 Å². The molecule has 4 atom stereocenters. The molecule has 0 radical (unpaired) electrons. The minimum absolute atomic E-state index is 0.0523. The number of carbonyl (C=O) groups excluding carboxylic acids is 2. The van der Waals surface area contributed by atoms with E-state index in [0.717, 1.165) is 19.3 Å². The highest BCUT2D eigenvalue weighted by molar-refractivity contribution is 6.14. The van der Waals surface area contributed by atoms with E-state index in [1.54, 1.807) is 0 Å². The van der Waals surface area contributed by atoms with Gasteiger partial charge in [0.2, 0.25) is 0 Å². The summed E-state index contributed by atoms with van der Waals surface area (Å²) in [5, 5.41) is 20.6. The molecule has 0 aliphatic heterocycles. The third-order valence-corrected chi connectivity index (χ3v) is 8.06. The molecule has 4 rings (SSSR count). The van der Waals surface area contributed by atoms with E-state index in [0.29, 0.717) is 12.3 Å². The van der Waals surface area contributed by atoms with Crippen LogP contribution in [-0.4, -0.2) is 34.0 Å². The van der Waals surface area contributed by atoms with Crippen molar-refractivity contribution in [2.24, 2.45) is 22.7 Å². The number of rotatable bonds is 1. The van der Waals surface area contributed by atoms with Gasteiger partial charge in [0.05, 0.1) is 12.5 Å². The van der Waals surface area contributed by atoms with Crippen LogP contribution in [0.25, 0.3) is 0 Å². The number of hydrogen-bond donors (Lipinski definition) is 2. The smallest absolute Gasteiger partial charge is 0.193 e. The molecule has 4 aliphatic carbocycles. The van der Waals surface area contributed by atoms with E-state index in [4.69, 9.17) is 0 Å². The molecular formula is C22H30O4. The molecule has 0 aromatic heterocycles. The Hall–Kier alpha value is -1.26. The second-order valence-corrected chi connectivity index (χ2v) is 9.85. The second-order valence-electron chi connectivity index (χ2n) is 9.85. The highest BCUT2D eigenvalue weighted by atomic mass is 16.3. The third-order valence-electron chi connectivity index (χ3n) is 8.06. The van der Waals surface area contributed by atoms with E-state index in [-0.39, 0.29) is 28.6 Å². The van der Waals surface area contributed by atoms with Crippen LogP contribution >= 0.6 is 0 Å². The molecule has 2 N–H and O–H groups in total. The predicted molar refractivity (Wildman–Crippen MR) is 98.3 cm³/mol. The summed E-state index contributed by atoms with van der Waals surface area (Å²) in [5.41, 5.74) is 1.29. The van der Waals surface area contributed by atoms with E-state index < -0.39 is 23.9 Å². The van der Waals surface area contributed by atoms with Crippen molar-refractivity contribution in [3.63, 3.8) is 0 Å². The van der Waals surface area contributed by atoms with Gasteiger partial charge in [0, 0.05) is 12.0 Å². The third kappa shape index (κ3) is 2.27. The van der Waals surface area contributed by atoms with Gasteiger partial charge in [0.1, 0.15) is 5.60 Å². The zero-order valence-corrected chi connectivity index (χ0v) is 16.1. The zero-order valence-electron chi connectivity index (χ0n) is 16.1. The number of allylic oxidation sites excluding steroid dienone is 2. The maximum atomic E-state index is 12.7. The fourth-order valence-electron chi connectivity index (χ4n) is 6.77. The first-order chi connectivity index (χ1) is 12.1. The second kappa shape index (κ2) is 5.62. The molecule has 142 valence electrons. The van der Waals surface area contributed by atoms with Crippen LogP contribution in [0.5, 0.6) is 0 Å². The summed E-state index contributed by atoms with van der Waals surface area (Å²) in [7, 11) is 0. The molecule has 0 heterocycles. The molecule has 4 nitrogen and oxygen atoms in total.